The molecule has 36 heavy (non-hydrogen) atoms. The molecule has 0 radical (unpaired) electrons. The minimum absolute atomic E-state index is 0.333. The highest BCUT2D eigenvalue weighted by atomic mass is 16.5. The van der Waals surface area contributed by atoms with Crippen LogP contribution in [0.25, 0.3) is 28.0 Å². The molecular weight excluding hydrogens is 456 g/mol. The molecule has 4 aromatic heterocycles. The highest BCUT2D eigenvalue weighted by Gasteiger charge is 2.18. The molecule has 1 fully saturated rings. The minimum atomic E-state index is 0.333. The third-order valence-electron chi connectivity index (χ3n) is 6.39. The molecular formula is C26H28N8O2. The molecule has 0 atom stereocenters. The second-order valence-electron chi connectivity index (χ2n) is 8.90. The summed E-state index contributed by atoms with van der Waals surface area (Å²) in [7, 11) is 3.96. The van der Waals surface area contributed by atoms with Crippen LogP contribution in [0.1, 0.15) is 5.56 Å². The van der Waals surface area contributed by atoms with E-state index in [-0.39, 0.29) is 0 Å². The lowest BCUT2D eigenvalue weighted by Crippen LogP contribution is -2.37. The molecule has 10 nitrogen and oxygen atoms in total. The van der Waals surface area contributed by atoms with Gasteiger partial charge in [-0.3, -0.25) is 4.68 Å². The lowest BCUT2D eigenvalue weighted by atomic mass is 10.1. The monoisotopic (exact) mass is 484 g/mol. The van der Waals surface area contributed by atoms with Crippen molar-refractivity contribution in [3.8, 4) is 23.1 Å². The van der Waals surface area contributed by atoms with Crippen molar-refractivity contribution >= 4 is 16.7 Å². The summed E-state index contributed by atoms with van der Waals surface area (Å²) in [6.07, 6.45) is 8.60. The van der Waals surface area contributed by atoms with E-state index in [2.05, 4.69) is 52.1 Å². The number of para-hydroxylation sites is 1. The van der Waals surface area contributed by atoms with E-state index in [1.54, 1.807) is 9.36 Å². The number of hydrogen-bond donors (Lipinski definition) is 0. The van der Waals surface area contributed by atoms with E-state index in [1.807, 2.05) is 37.8 Å². The summed E-state index contributed by atoms with van der Waals surface area (Å²) in [4.78, 5) is 11.6. The Morgan fingerprint density at radius 2 is 1.83 bits per heavy atom. The van der Waals surface area contributed by atoms with E-state index < -0.39 is 0 Å². The highest BCUT2D eigenvalue weighted by molar-refractivity contribution is 5.95. The molecule has 0 bridgehead atoms. The normalized spacial score (nSPS) is 14.0. The van der Waals surface area contributed by atoms with Gasteiger partial charge in [-0.15, -0.1) is 0 Å². The van der Waals surface area contributed by atoms with E-state index in [0.29, 0.717) is 31.6 Å². The fourth-order valence-electron chi connectivity index (χ4n) is 4.54. The Bertz CT molecular complexity index is 1490. The number of fused-ring (bicyclic) bond motifs is 1. The van der Waals surface area contributed by atoms with E-state index in [0.717, 1.165) is 42.1 Å². The van der Waals surface area contributed by atoms with Gasteiger partial charge in [-0.25, -0.2) is 4.68 Å². The molecule has 1 aliphatic heterocycles. The van der Waals surface area contributed by atoms with Gasteiger partial charge in [0.1, 0.15) is 5.82 Å². The maximum absolute atomic E-state index is 6.00. The van der Waals surface area contributed by atoms with Crippen molar-refractivity contribution in [2.24, 2.45) is 14.1 Å². The number of morpholine rings is 1. The summed E-state index contributed by atoms with van der Waals surface area (Å²) in [6.45, 7) is 3.34. The van der Waals surface area contributed by atoms with Crippen LogP contribution in [0, 0.1) is 0 Å². The van der Waals surface area contributed by atoms with Gasteiger partial charge in [0.05, 0.1) is 31.7 Å². The van der Waals surface area contributed by atoms with Gasteiger partial charge in [0.15, 0.2) is 5.82 Å². The molecule has 6 rings (SSSR count). The molecule has 0 unspecified atom stereocenters. The Hall–Kier alpha value is -4.18. The number of benzene rings is 1. The molecule has 0 saturated carbocycles. The van der Waals surface area contributed by atoms with Crippen molar-refractivity contribution in [1.82, 2.24) is 34.1 Å². The van der Waals surface area contributed by atoms with E-state index in [9.17, 15) is 0 Å². The smallest absolute Gasteiger partial charge is 0.320 e. The Kier molecular flexibility index (Phi) is 5.86. The third kappa shape index (κ3) is 4.42. The van der Waals surface area contributed by atoms with E-state index >= 15 is 0 Å². The first kappa shape index (κ1) is 22.3. The van der Waals surface area contributed by atoms with Crippen LogP contribution < -0.4 is 9.64 Å². The Morgan fingerprint density at radius 3 is 2.67 bits per heavy atom. The molecule has 1 aliphatic rings. The molecule has 10 heteroatoms. The lowest BCUT2D eigenvalue weighted by Gasteiger charge is -2.28. The van der Waals surface area contributed by atoms with Crippen LogP contribution in [-0.2, 0) is 25.3 Å². The van der Waals surface area contributed by atoms with E-state index in [1.165, 1.54) is 10.9 Å². The maximum Gasteiger partial charge on any atom is 0.320 e. The molecule has 184 valence electrons. The van der Waals surface area contributed by atoms with Gasteiger partial charge in [-0.1, -0.05) is 18.2 Å². The third-order valence-corrected chi connectivity index (χ3v) is 6.39. The molecule has 5 aromatic rings. The summed E-state index contributed by atoms with van der Waals surface area (Å²) in [5, 5.41) is 10.3. The zero-order valence-corrected chi connectivity index (χ0v) is 20.4. The van der Waals surface area contributed by atoms with Crippen LogP contribution in [0.15, 0.2) is 61.2 Å². The van der Waals surface area contributed by atoms with Gasteiger partial charge >= 0.3 is 6.01 Å². The maximum atomic E-state index is 6.00. The number of aromatic nitrogens is 7. The fraction of sp³-hybridized carbons (Fsp3) is 0.308. The first-order valence-corrected chi connectivity index (χ1v) is 12.1. The first-order chi connectivity index (χ1) is 17.6. The van der Waals surface area contributed by atoms with Gasteiger partial charge in [0.2, 0.25) is 0 Å². The SMILES string of the molecule is Cn1cc(CCOc2nc(N3CCOCC3)cc(-n3ccc(-c4cn(C)c5ccccc45)n3)n2)cn1. The Balaban J connectivity index is 1.31. The predicted octanol–water partition coefficient (Wildman–Crippen LogP) is 3.01. The van der Waals surface area contributed by atoms with Gasteiger partial charge < -0.3 is 18.9 Å². The molecule has 5 heterocycles. The average molecular weight is 485 g/mol. The minimum Gasteiger partial charge on any atom is -0.463 e. The number of ether oxygens (including phenoxy) is 2. The van der Waals surface area contributed by atoms with Crippen molar-refractivity contribution in [2.75, 3.05) is 37.8 Å². The highest BCUT2D eigenvalue weighted by Crippen LogP contribution is 2.29. The van der Waals surface area contributed by atoms with Gasteiger partial charge in [-0.05, 0) is 17.7 Å². The van der Waals surface area contributed by atoms with Crippen LogP contribution in [-0.4, -0.2) is 67.0 Å². The quantitative estimate of drug-likeness (QED) is 0.351. The fourth-order valence-corrected chi connectivity index (χ4v) is 4.54. The molecule has 0 spiro atoms. The van der Waals surface area contributed by atoms with Crippen molar-refractivity contribution in [2.45, 2.75) is 6.42 Å². The standard InChI is InChI=1S/C26H28N8O2/c1-31-18-21(20-5-3-4-6-23(20)31)22-7-9-34(30-22)25-15-24(33-10-13-35-14-11-33)28-26(29-25)36-12-8-19-16-27-32(2)17-19/h3-7,9,15-18H,8,10-14H2,1-2H3. The van der Waals surface area contributed by atoms with Crippen molar-refractivity contribution in [3.05, 3.63) is 66.7 Å². The van der Waals surface area contributed by atoms with Gasteiger partial charge in [0.25, 0.3) is 0 Å². The predicted molar refractivity (Wildman–Crippen MR) is 137 cm³/mol. The summed E-state index contributed by atoms with van der Waals surface area (Å²) in [5.41, 5.74) is 4.25. The van der Waals surface area contributed by atoms with Crippen molar-refractivity contribution in [1.29, 1.82) is 0 Å². The van der Waals surface area contributed by atoms with Crippen molar-refractivity contribution in [3.63, 3.8) is 0 Å². The number of anilines is 1. The van der Waals surface area contributed by atoms with Crippen LogP contribution >= 0.6 is 0 Å². The lowest BCUT2D eigenvalue weighted by molar-refractivity contribution is 0.122. The van der Waals surface area contributed by atoms with Crippen LogP contribution in [0.4, 0.5) is 5.82 Å². The largest absolute Gasteiger partial charge is 0.463 e. The topological polar surface area (TPSA) is 88.0 Å². The van der Waals surface area contributed by atoms with Crippen LogP contribution in [0.2, 0.25) is 0 Å². The number of aryl methyl sites for hydroxylation is 2. The summed E-state index contributed by atoms with van der Waals surface area (Å²) >= 11 is 0. The second-order valence-corrected chi connectivity index (χ2v) is 8.90. The van der Waals surface area contributed by atoms with Crippen LogP contribution in [0.5, 0.6) is 6.01 Å². The number of rotatable bonds is 7. The second kappa shape index (κ2) is 9.46. The summed E-state index contributed by atoms with van der Waals surface area (Å²) in [6, 6.07) is 12.6. The van der Waals surface area contributed by atoms with Gasteiger partial charge in [-0.2, -0.15) is 20.2 Å². The summed E-state index contributed by atoms with van der Waals surface area (Å²) in [5.74, 6) is 1.47. The Morgan fingerprint density at radius 1 is 1.00 bits per heavy atom. The number of hydrogen-bond acceptors (Lipinski definition) is 7. The zero-order valence-electron chi connectivity index (χ0n) is 20.4. The molecule has 0 aliphatic carbocycles. The average Bonchev–Trinajstić information content (AvgIpc) is 3.64. The molecule has 0 amide bonds. The zero-order chi connectivity index (χ0) is 24.5. The van der Waals surface area contributed by atoms with Gasteiger partial charge in [0, 0.05) is 74.7 Å². The molecule has 0 N–H and O–H groups in total. The van der Waals surface area contributed by atoms with Crippen LogP contribution in [0.3, 0.4) is 0 Å². The first-order valence-electron chi connectivity index (χ1n) is 12.1. The Labute approximate surface area is 208 Å². The van der Waals surface area contributed by atoms with Crippen molar-refractivity contribution < 1.29 is 9.47 Å². The number of nitrogens with zero attached hydrogens (tertiary/aromatic N) is 8. The molecule has 1 aromatic carbocycles. The van der Waals surface area contributed by atoms with E-state index in [4.69, 9.17) is 24.5 Å². The molecule has 1 saturated heterocycles. The summed E-state index contributed by atoms with van der Waals surface area (Å²) < 4.78 is 17.2.